The Morgan fingerprint density at radius 3 is 2.60 bits per heavy atom. The number of benzene rings is 1. The van der Waals surface area contributed by atoms with Crippen LogP contribution in [0.15, 0.2) is 35.3 Å². The van der Waals surface area contributed by atoms with E-state index in [1.165, 1.54) is 18.4 Å². The van der Waals surface area contributed by atoms with Crippen LogP contribution in [0, 0.1) is 5.92 Å². The van der Waals surface area contributed by atoms with E-state index in [9.17, 15) is 0 Å². The zero-order chi connectivity index (χ0) is 20.5. The molecule has 0 bridgehead atoms. The fraction of sp³-hybridized carbons (Fsp3) is 0.696. The number of nitrogens with zero attached hydrogens (tertiary/aromatic N) is 2. The van der Waals surface area contributed by atoms with Gasteiger partial charge in [0.2, 0.25) is 0 Å². The van der Waals surface area contributed by atoms with Crippen LogP contribution >= 0.6 is 24.0 Å². The normalized spacial score (nSPS) is 19.6. The fourth-order valence-electron chi connectivity index (χ4n) is 3.89. The molecule has 0 spiro atoms. The van der Waals surface area contributed by atoms with Crippen molar-refractivity contribution in [2.45, 2.75) is 44.2 Å². The Balaban J connectivity index is 0.00000320. The molecule has 2 fully saturated rings. The second-order valence-corrected chi connectivity index (χ2v) is 8.51. The van der Waals surface area contributed by atoms with Crippen molar-refractivity contribution >= 4 is 29.9 Å². The van der Waals surface area contributed by atoms with Gasteiger partial charge in [-0.25, -0.2) is 0 Å². The Labute approximate surface area is 199 Å². The molecule has 170 valence electrons. The zero-order valence-electron chi connectivity index (χ0n) is 18.7. The fourth-order valence-corrected chi connectivity index (χ4v) is 3.89. The lowest BCUT2D eigenvalue weighted by Crippen LogP contribution is -2.58. The summed E-state index contributed by atoms with van der Waals surface area (Å²) >= 11 is 0. The predicted molar refractivity (Wildman–Crippen MR) is 134 cm³/mol. The molecule has 7 heteroatoms. The molecule has 1 aromatic rings. The average molecular weight is 530 g/mol. The summed E-state index contributed by atoms with van der Waals surface area (Å²) in [6.45, 7) is 7.15. The van der Waals surface area contributed by atoms with Crippen LogP contribution in [0.3, 0.4) is 0 Å². The molecule has 2 N–H and O–H groups in total. The number of rotatable bonds is 10. The Morgan fingerprint density at radius 1 is 1.27 bits per heavy atom. The van der Waals surface area contributed by atoms with E-state index < -0.39 is 0 Å². The standard InChI is InChI=1S/C23H38N4O2.HI/c1-19(21-7-5-4-6-8-21)26-23(11-14-28-15-12-23)18-25-22(24-2)27(3)13-16-29-17-20-9-10-20;/h4-8,19-20,26H,9-18H2,1-3H3,(H,24,25);1H. The minimum atomic E-state index is -0.00718. The first-order valence-corrected chi connectivity index (χ1v) is 11.0. The lowest BCUT2D eigenvalue weighted by atomic mass is 9.88. The maximum atomic E-state index is 5.79. The van der Waals surface area contributed by atoms with Crippen LogP contribution in [0.25, 0.3) is 0 Å². The summed E-state index contributed by atoms with van der Waals surface area (Å²) in [4.78, 5) is 6.64. The lowest BCUT2D eigenvalue weighted by Gasteiger charge is -2.41. The summed E-state index contributed by atoms with van der Waals surface area (Å²) in [5.74, 6) is 1.73. The SMILES string of the molecule is CN=C(NCC1(NC(C)c2ccccc2)CCOCC1)N(C)CCOCC1CC1.I. The Morgan fingerprint density at radius 2 is 1.97 bits per heavy atom. The third-order valence-electron chi connectivity index (χ3n) is 6.05. The van der Waals surface area contributed by atoms with Gasteiger partial charge >= 0.3 is 0 Å². The van der Waals surface area contributed by atoms with Crippen LogP contribution in [0.5, 0.6) is 0 Å². The van der Waals surface area contributed by atoms with Gasteiger partial charge in [-0.15, -0.1) is 24.0 Å². The number of ether oxygens (including phenoxy) is 2. The van der Waals surface area contributed by atoms with E-state index in [1.807, 2.05) is 7.05 Å². The zero-order valence-corrected chi connectivity index (χ0v) is 21.1. The third-order valence-corrected chi connectivity index (χ3v) is 6.05. The van der Waals surface area contributed by atoms with Crippen molar-refractivity contribution in [1.29, 1.82) is 0 Å². The molecule has 1 unspecified atom stereocenters. The maximum Gasteiger partial charge on any atom is 0.193 e. The van der Waals surface area contributed by atoms with Gasteiger partial charge in [0.1, 0.15) is 0 Å². The Hall–Kier alpha value is -0.900. The van der Waals surface area contributed by atoms with E-state index in [2.05, 4.69) is 64.8 Å². The quantitative estimate of drug-likeness (QED) is 0.210. The summed E-state index contributed by atoms with van der Waals surface area (Å²) in [5, 5.41) is 7.50. The van der Waals surface area contributed by atoms with E-state index in [1.54, 1.807) is 0 Å². The molecule has 2 aliphatic rings. The van der Waals surface area contributed by atoms with Crippen LogP contribution in [-0.4, -0.2) is 70.0 Å². The number of hydrogen-bond acceptors (Lipinski definition) is 4. The second kappa shape index (κ2) is 12.8. The summed E-state index contributed by atoms with van der Waals surface area (Å²) < 4.78 is 11.4. The van der Waals surface area contributed by atoms with Crippen molar-refractivity contribution in [1.82, 2.24) is 15.5 Å². The highest BCUT2D eigenvalue weighted by Crippen LogP contribution is 2.28. The Kier molecular flexibility index (Phi) is 10.8. The van der Waals surface area contributed by atoms with E-state index in [0.717, 1.165) is 64.2 Å². The molecule has 1 aromatic carbocycles. The summed E-state index contributed by atoms with van der Waals surface area (Å²) in [5.41, 5.74) is 1.31. The van der Waals surface area contributed by atoms with Gasteiger partial charge in [0.15, 0.2) is 5.96 Å². The topological polar surface area (TPSA) is 58.1 Å². The molecular weight excluding hydrogens is 491 g/mol. The number of halogens is 1. The van der Waals surface area contributed by atoms with Crippen LogP contribution in [0.1, 0.15) is 44.2 Å². The van der Waals surface area contributed by atoms with E-state index in [4.69, 9.17) is 9.47 Å². The van der Waals surface area contributed by atoms with Gasteiger partial charge in [0.05, 0.1) is 6.61 Å². The van der Waals surface area contributed by atoms with Gasteiger partial charge < -0.3 is 25.0 Å². The van der Waals surface area contributed by atoms with Crippen LogP contribution in [-0.2, 0) is 9.47 Å². The molecule has 0 amide bonds. The van der Waals surface area contributed by atoms with Crippen LogP contribution < -0.4 is 10.6 Å². The summed E-state index contributed by atoms with van der Waals surface area (Å²) in [6.07, 6.45) is 4.64. The van der Waals surface area contributed by atoms with Crippen LogP contribution in [0.2, 0.25) is 0 Å². The van der Waals surface area contributed by atoms with Gasteiger partial charge in [-0.2, -0.15) is 0 Å². The highest BCUT2D eigenvalue weighted by atomic mass is 127. The highest BCUT2D eigenvalue weighted by Gasteiger charge is 2.34. The number of aliphatic imine (C=N–C) groups is 1. The third kappa shape index (κ3) is 7.98. The molecule has 30 heavy (non-hydrogen) atoms. The minimum absolute atomic E-state index is 0. The first-order chi connectivity index (χ1) is 14.1. The van der Waals surface area contributed by atoms with E-state index >= 15 is 0 Å². The molecule has 1 atom stereocenters. The maximum absolute atomic E-state index is 5.79. The first kappa shape index (κ1) is 25.4. The molecule has 1 aliphatic heterocycles. The summed E-state index contributed by atoms with van der Waals surface area (Å²) in [6, 6.07) is 10.9. The van der Waals surface area contributed by atoms with Gasteiger partial charge in [-0.3, -0.25) is 4.99 Å². The monoisotopic (exact) mass is 530 g/mol. The smallest absolute Gasteiger partial charge is 0.193 e. The van der Waals surface area contributed by atoms with Gasteiger partial charge in [0.25, 0.3) is 0 Å². The number of hydrogen-bond donors (Lipinski definition) is 2. The van der Waals surface area contributed by atoms with Gasteiger partial charge in [0, 0.05) is 58.6 Å². The predicted octanol–water partition coefficient (Wildman–Crippen LogP) is 3.44. The van der Waals surface area contributed by atoms with Crippen molar-refractivity contribution < 1.29 is 9.47 Å². The molecule has 1 saturated carbocycles. The van der Waals surface area contributed by atoms with Gasteiger partial charge in [-0.05, 0) is 44.1 Å². The molecule has 1 saturated heterocycles. The Bertz CT molecular complexity index is 633. The average Bonchev–Trinajstić information content (AvgIpc) is 3.57. The molecular formula is C23H39IN4O2. The van der Waals surface area contributed by atoms with Crippen molar-refractivity contribution in [2.75, 3.05) is 53.6 Å². The number of nitrogens with one attached hydrogen (secondary N) is 2. The molecule has 0 radical (unpaired) electrons. The largest absolute Gasteiger partial charge is 0.381 e. The molecule has 1 heterocycles. The van der Waals surface area contributed by atoms with Crippen molar-refractivity contribution in [3.63, 3.8) is 0 Å². The van der Waals surface area contributed by atoms with Crippen molar-refractivity contribution in [2.24, 2.45) is 10.9 Å². The molecule has 3 rings (SSSR count). The highest BCUT2D eigenvalue weighted by molar-refractivity contribution is 14.0. The van der Waals surface area contributed by atoms with Crippen LogP contribution in [0.4, 0.5) is 0 Å². The van der Waals surface area contributed by atoms with E-state index in [0.29, 0.717) is 0 Å². The van der Waals surface area contributed by atoms with Crippen molar-refractivity contribution in [3.05, 3.63) is 35.9 Å². The number of likely N-dealkylation sites (N-methyl/N-ethyl adjacent to an activating group) is 1. The van der Waals surface area contributed by atoms with E-state index in [-0.39, 0.29) is 35.6 Å². The lowest BCUT2D eigenvalue weighted by molar-refractivity contribution is 0.0352. The molecule has 0 aromatic heterocycles. The minimum Gasteiger partial charge on any atom is -0.381 e. The van der Waals surface area contributed by atoms with Crippen molar-refractivity contribution in [3.8, 4) is 0 Å². The second-order valence-electron chi connectivity index (χ2n) is 8.51. The molecule has 1 aliphatic carbocycles. The molecule has 6 nitrogen and oxygen atoms in total. The first-order valence-electron chi connectivity index (χ1n) is 11.0. The van der Waals surface area contributed by atoms with Gasteiger partial charge in [-0.1, -0.05) is 30.3 Å². The number of guanidine groups is 1. The summed E-state index contributed by atoms with van der Waals surface area (Å²) in [7, 11) is 3.92.